The Bertz CT molecular complexity index is 973. The molecule has 0 aliphatic heterocycles. The fraction of sp³-hybridized carbons (Fsp3) is 1.00. The van der Waals surface area contributed by atoms with Crippen LogP contribution in [0.1, 0.15) is 0 Å². The Labute approximate surface area is 286 Å². The predicted molar refractivity (Wildman–Crippen MR) is 195 cm³/mol. The standard InChI is InChI=1S/C16H42N6O4P2S.C8H22N3O4PS/c1-17(2)15(18(3)4,19(5)6)13-27-25-29(23,24)26-28-14-16(20(7)8,21(9)10)22(11)12;1-9(2)8(10(3)4,11(5)6)7-16-15-17(12,13)14/h27-28H,13-14H2,1-12H3;16H,7H2,1-6H3,(H,12,13,14). The molecule has 0 aliphatic rings. The molecule has 3 unspecified atom stereocenters. The van der Waals surface area contributed by atoms with Gasteiger partial charge in [0.1, 0.15) is 17.4 Å². The molecule has 0 heterocycles. The van der Waals surface area contributed by atoms with Crippen molar-refractivity contribution < 1.29 is 33.3 Å². The van der Waals surface area contributed by atoms with E-state index in [4.69, 9.17) is 12.5 Å². The van der Waals surface area contributed by atoms with Crippen molar-refractivity contribution in [2.75, 3.05) is 145 Å². The molecule has 3 atom stereocenters. The minimum Gasteiger partial charge on any atom is -0.279 e. The van der Waals surface area contributed by atoms with Gasteiger partial charge < -0.3 is 0 Å². The zero-order chi connectivity index (χ0) is 37.1. The maximum absolute atomic E-state index is 12.3. The highest BCUT2D eigenvalue weighted by Crippen LogP contribution is 2.34. The van der Waals surface area contributed by atoms with E-state index in [-0.39, 0.29) is 26.4 Å². The molecule has 0 bridgehead atoms. The van der Waals surface area contributed by atoms with Crippen molar-refractivity contribution in [2.45, 2.75) is 17.4 Å². The molecule has 0 aromatic carbocycles. The van der Waals surface area contributed by atoms with Crippen LogP contribution in [0.5, 0.6) is 0 Å². The van der Waals surface area contributed by atoms with Gasteiger partial charge in [-0.1, -0.05) is 0 Å². The quantitative estimate of drug-likeness (QED) is 0.0941. The summed E-state index contributed by atoms with van der Waals surface area (Å²) in [5, 5.41) is 0. The summed E-state index contributed by atoms with van der Waals surface area (Å²) in [5.74, 6) is -1.40. The number of hydrogen-bond donors (Lipinski definition) is 1. The Morgan fingerprint density at radius 1 is 0.413 bits per heavy atom. The van der Waals surface area contributed by atoms with Gasteiger partial charge in [0.25, 0.3) is 0 Å². The van der Waals surface area contributed by atoms with E-state index in [9.17, 15) is 16.8 Å². The number of nitrogens with zero attached hydrogens (tertiary/aromatic N) is 9. The van der Waals surface area contributed by atoms with Crippen molar-refractivity contribution in [3.63, 3.8) is 0 Å². The summed E-state index contributed by atoms with van der Waals surface area (Å²) in [6, 6.07) is 0. The van der Waals surface area contributed by atoms with E-state index in [0.29, 0.717) is 18.5 Å². The molecule has 22 heteroatoms. The van der Waals surface area contributed by atoms with Crippen LogP contribution in [0.2, 0.25) is 0 Å². The summed E-state index contributed by atoms with van der Waals surface area (Å²) in [4.78, 5) is 18.1. The van der Waals surface area contributed by atoms with Gasteiger partial charge in [0.15, 0.2) is 0 Å². The molecule has 17 nitrogen and oxygen atoms in total. The average molecular weight is 764 g/mol. The normalized spacial score (nSPS) is 15.0. The first kappa shape index (κ1) is 48.8. The van der Waals surface area contributed by atoms with E-state index in [0.717, 1.165) is 0 Å². The minimum atomic E-state index is -4.37. The van der Waals surface area contributed by atoms with Crippen LogP contribution in [0.15, 0.2) is 0 Å². The monoisotopic (exact) mass is 763 g/mol. The van der Waals surface area contributed by atoms with Crippen molar-refractivity contribution in [3.8, 4) is 0 Å². The average Bonchev–Trinajstić information content (AvgIpc) is 2.84. The SMILES string of the molecule is CN(C)C(CPOS(=O)(=O)O)(N(C)C)N(C)C.CN(C)C(CPOS(=O)(=O)OPCC(N(C)C)(N(C)C)N(C)C)(N(C)C)N(C)C. The van der Waals surface area contributed by atoms with Crippen LogP contribution in [0.3, 0.4) is 0 Å². The van der Waals surface area contributed by atoms with Crippen molar-refractivity contribution in [1.82, 2.24) is 44.1 Å². The van der Waals surface area contributed by atoms with E-state index in [1.54, 1.807) is 0 Å². The lowest BCUT2D eigenvalue weighted by Gasteiger charge is -2.49. The summed E-state index contributed by atoms with van der Waals surface area (Å²) in [7, 11) is 25.6. The van der Waals surface area contributed by atoms with Gasteiger partial charge in [0, 0.05) is 44.9 Å². The van der Waals surface area contributed by atoms with Crippen LogP contribution in [-0.2, 0) is 32.7 Å². The molecule has 0 fully saturated rings. The first-order valence-electron chi connectivity index (χ1n) is 14.1. The van der Waals surface area contributed by atoms with E-state index in [1.807, 2.05) is 171 Å². The Balaban J connectivity index is 0. The molecule has 0 amide bonds. The van der Waals surface area contributed by atoms with Crippen molar-refractivity contribution in [1.29, 1.82) is 0 Å². The summed E-state index contributed by atoms with van der Waals surface area (Å²) < 4.78 is 69.0. The van der Waals surface area contributed by atoms with Crippen LogP contribution in [-0.4, -0.2) is 228 Å². The lowest BCUT2D eigenvalue weighted by molar-refractivity contribution is -0.0890. The Morgan fingerprint density at radius 3 is 0.739 bits per heavy atom. The van der Waals surface area contributed by atoms with Gasteiger partial charge in [-0.05, 0) is 127 Å². The first-order chi connectivity index (χ1) is 20.6. The molecule has 0 rings (SSSR count). The zero-order valence-electron chi connectivity index (χ0n) is 31.3. The van der Waals surface area contributed by atoms with Crippen LogP contribution < -0.4 is 0 Å². The number of hydrogen-bond acceptors (Lipinski definition) is 16. The smallest absolute Gasteiger partial charge is 0.279 e. The van der Waals surface area contributed by atoms with Crippen LogP contribution in [0.4, 0.5) is 0 Å². The Hall–Kier alpha value is 0.670. The van der Waals surface area contributed by atoms with Gasteiger partial charge in [0.05, 0.1) is 0 Å². The molecule has 280 valence electrons. The van der Waals surface area contributed by atoms with E-state index in [2.05, 4.69) is 3.97 Å². The van der Waals surface area contributed by atoms with Gasteiger partial charge in [-0.25, -0.2) is 11.9 Å². The van der Waals surface area contributed by atoms with Crippen molar-refractivity contribution in [3.05, 3.63) is 0 Å². The van der Waals surface area contributed by atoms with E-state index >= 15 is 0 Å². The molecular formula is C24H64N9O8P3S2. The molecule has 0 aliphatic carbocycles. The van der Waals surface area contributed by atoms with Crippen molar-refractivity contribution in [2.24, 2.45) is 0 Å². The minimum absolute atomic E-state index is 0.268. The number of rotatable bonds is 21. The third-order valence-corrected chi connectivity index (χ3v) is 13.6. The molecule has 0 aromatic rings. The van der Waals surface area contributed by atoms with Crippen molar-refractivity contribution >= 4 is 47.2 Å². The van der Waals surface area contributed by atoms with Crippen LogP contribution in [0, 0.1) is 0 Å². The predicted octanol–water partition coefficient (Wildman–Crippen LogP) is -0.133. The van der Waals surface area contributed by atoms with Gasteiger partial charge in [-0.2, -0.15) is 16.8 Å². The lowest BCUT2D eigenvalue weighted by atomic mass is 10.3. The molecular weight excluding hydrogens is 699 g/mol. The molecule has 0 aromatic heterocycles. The topological polar surface area (TPSA) is 145 Å². The van der Waals surface area contributed by atoms with Gasteiger partial charge >= 0.3 is 20.8 Å². The summed E-state index contributed by atoms with van der Waals surface area (Å²) in [6.07, 6.45) is 1.41. The molecule has 0 saturated carbocycles. The molecule has 0 spiro atoms. The second-order valence-corrected chi connectivity index (χ2v) is 18.0. The van der Waals surface area contributed by atoms with Crippen LogP contribution >= 0.6 is 26.4 Å². The first-order valence-corrected chi connectivity index (χ1v) is 20.2. The summed E-state index contributed by atoms with van der Waals surface area (Å²) in [6.45, 7) is 0. The highest BCUT2D eigenvalue weighted by atomic mass is 32.3. The van der Waals surface area contributed by atoms with Crippen LogP contribution in [0.25, 0.3) is 0 Å². The van der Waals surface area contributed by atoms with Gasteiger partial charge in [0.2, 0.25) is 0 Å². The fourth-order valence-electron chi connectivity index (χ4n) is 5.64. The maximum Gasteiger partial charge on any atom is 0.405 e. The third kappa shape index (κ3) is 13.8. The third-order valence-electron chi connectivity index (χ3n) is 7.86. The maximum atomic E-state index is 12.3. The van der Waals surface area contributed by atoms with Gasteiger partial charge in [-0.3, -0.25) is 48.7 Å². The highest BCUT2D eigenvalue weighted by molar-refractivity contribution is 7.87. The molecule has 46 heavy (non-hydrogen) atoms. The van der Waals surface area contributed by atoms with E-state index < -0.39 is 38.2 Å². The second-order valence-electron chi connectivity index (χ2n) is 12.4. The summed E-state index contributed by atoms with van der Waals surface area (Å²) >= 11 is 0. The Morgan fingerprint density at radius 2 is 0.587 bits per heavy atom. The Kier molecular flexibility index (Phi) is 21.7. The largest absolute Gasteiger partial charge is 0.405 e. The fourth-order valence-corrected chi connectivity index (χ4v) is 12.0. The highest BCUT2D eigenvalue weighted by Gasteiger charge is 2.40. The van der Waals surface area contributed by atoms with E-state index in [1.165, 1.54) is 0 Å². The molecule has 0 radical (unpaired) electrons. The molecule has 1 N–H and O–H groups in total. The summed E-state index contributed by atoms with van der Waals surface area (Å²) in [5.41, 5.74) is 0. The van der Waals surface area contributed by atoms with Gasteiger partial charge in [-0.15, -0.1) is 0 Å². The lowest BCUT2D eigenvalue weighted by Crippen LogP contribution is -2.65. The zero-order valence-corrected chi connectivity index (χ0v) is 35.9. The second kappa shape index (κ2) is 20.5. The molecule has 0 saturated heterocycles.